The highest BCUT2D eigenvalue weighted by atomic mass is 16.5. The van der Waals surface area contributed by atoms with Crippen LogP contribution in [0.25, 0.3) is 0 Å². The van der Waals surface area contributed by atoms with E-state index in [9.17, 15) is 4.79 Å². The van der Waals surface area contributed by atoms with E-state index in [4.69, 9.17) is 9.47 Å². The molecule has 2 aromatic rings. The maximum atomic E-state index is 12.5. The van der Waals surface area contributed by atoms with Crippen molar-refractivity contribution in [2.75, 3.05) is 13.7 Å². The summed E-state index contributed by atoms with van der Waals surface area (Å²) in [5.41, 5.74) is 2.50. The molecule has 0 aliphatic carbocycles. The van der Waals surface area contributed by atoms with Crippen molar-refractivity contribution in [1.29, 1.82) is 0 Å². The number of carbonyl (C=O) groups excluding carboxylic acids is 1. The minimum absolute atomic E-state index is 0.0287. The van der Waals surface area contributed by atoms with Crippen LogP contribution in [0.15, 0.2) is 42.5 Å². The molecule has 0 radical (unpaired) electrons. The number of hydrogen-bond acceptors (Lipinski definition) is 3. The normalized spacial score (nSPS) is 13.2. The first-order chi connectivity index (χ1) is 9.78. The molecule has 0 aromatic heterocycles. The standard InChI is InChI=1S/C17H16O3/c1-19-15-7-4-12(5-8-15)17(18)14-6-9-16-13(11-14)3-2-10-20-16/h4-9,11H,2-3,10H2,1H3. The van der Waals surface area contributed by atoms with Crippen LogP contribution >= 0.6 is 0 Å². The van der Waals surface area contributed by atoms with Crippen LogP contribution in [-0.2, 0) is 6.42 Å². The summed E-state index contributed by atoms with van der Waals surface area (Å²) < 4.78 is 10.7. The molecular formula is C17H16O3. The lowest BCUT2D eigenvalue weighted by molar-refractivity contribution is 0.103. The average Bonchev–Trinajstić information content (AvgIpc) is 2.54. The molecule has 0 saturated heterocycles. The van der Waals surface area contributed by atoms with Crippen LogP contribution in [-0.4, -0.2) is 19.5 Å². The molecule has 1 aliphatic rings. The fourth-order valence-corrected chi connectivity index (χ4v) is 2.41. The van der Waals surface area contributed by atoms with Gasteiger partial charge in [-0.25, -0.2) is 0 Å². The minimum Gasteiger partial charge on any atom is -0.497 e. The molecule has 3 nitrogen and oxygen atoms in total. The van der Waals surface area contributed by atoms with E-state index >= 15 is 0 Å². The number of methoxy groups -OCH3 is 1. The molecule has 0 spiro atoms. The topological polar surface area (TPSA) is 35.5 Å². The third kappa shape index (κ3) is 2.39. The summed E-state index contributed by atoms with van der Waals surface area (Å²) in [5, 5.41) is 0. The zero-order valence-electron chi connectivity index (χ0n) is 11.4. The van der Waals surface area contributed by atoms with E-state index in [1.165, 1.54) is 0 Å². The quantitative estimate of drug-likeness (QED) is 0.802. The van der Waals surface area contributed by atoms with Gasteiger partial charge in [0.25, 0.3) is 0 Å². The van der Waals surface area contributed by atoms with E-state index in [1.807, 2.05) is 18.2 Å². The van der Waals surface area contributed by atoms with E-state index in [2.05, 4.69) is 0 Å². The van der Waals surface area contributed by atoms with Crippen molar-refractivity contribution in [3.8, 4) is 11.5 Å². The van der Waals surface area contributed by atoms with Crippen LogP contribution in [0.2, 0.25) is 0 Å². The van der Waals surface area contributed by atoms with Crippen LogP contribution < -0.4 is 9.47 Å². The molecule has 0 unspecified atom stereocenters. The highest BCUT2D eigenvalue weighted by Gasteiger charge is 2.15. The van der Waals surface area contributed by atoms with Gasteiger partial charge in [0.15, 0.2) is 5.78 Å². The van der Waals surface area contributed by atoms with Crippen molar-refractivity contribution in [2.24, 2.45) is 0 Å². The smallest absolute Gasteiger partial charge is 0.193 e. The fraction of sp³-hybridized carbons (Fsp3) is 0.235. The highest BCUT2D eigenvalue weighted by Crippen LogP contribution is 2.26. The number of rotatable bonds is 3. The molecule has 0 bridgehead atoms. The largest absolute Gasteiger partial charge is 0.497 e. The summed E-state index contributed by atoms with van der Waals surface area (Å²) >= 11 is 0. The van der Waals surface area contributed by atoms with Gasteiger partial charge < -0.3 is 9.47 Å². The van der Waals surface area contributed by atoms with Crippen LogP contribution in [0.3, 0.4) is 0 Å². The summed E-state index contributed by atoms with van der Waals surface area (Å²) in [6.07, 6.45) is 1.98. The third-order valence-corrected chi connectivity index (χ3v) is 3.52. The van der Waals surface area contributed by atoms with Crippen molar-refractivity contribution in [3.63, 3.8) is 0 Å². The fourth-order valence-electron chi connectivity index (χ4n) is 2.41. The number of fused-ring (bicyclic) bond motifs is 1. The summed E-state index contributed by atoms with van der Waals surface area (Å²) in [5.74, 6) is 1.68. The van der Waals surface area contributed by atoms with E-state index in [-0.39, 0.29) is 5.78 Å². The van der Waals surface area contributed by atoms with Gasteiger partial charge in [-0.05, 0) is 60.9 Å². The molecule has 1 heterocycles. The first kappa shape index (κ1) is 12.7. The monoisotopic (exact) mass is 268 g/mol. The molecule has 0 N–H and O–H groups in total. The van der Waals surface area contributed by atoms with Crippen molar-refractivity contribution in [3.05, 3.63) is 59.2 Å². The van der Waals surface area contributed by atoms with Gasteiger partial charge in [-0.15, -0.1) is 0 Å². The van der Waals surface area contributed by atoms with Gasteiger partial charge in [-0.1, -0.05) is 0 Å². The Hall–Kier alpha value is -2.29. The lowest BCUT2D eigenvalue weighted by Crippen LogP contribution is -2.10. The minimum atomic E-state index is 0.0287. The van der Waals surface area contributed by atoms with Crippen LogP contribution in [0, 0.1) is 0 Å². The average molecular weight is 268 g/mol. The predicted octanol–water partition coefficient (Wildman–Crippen LogP) is 3.25. The van der Waals surface area contributed by atoms with Crippen molar-refractivity contribution in [1.82, 2.24) is 0 Å². The number of ketones is 1. The molecule has 102 valence electrons. The lowest BCUT2D eigenvalue weighted by Gasteiger charge is -2.17. The summed E-state index contributed by atoms with van der Waals surface area (Å²) in [6.45, 7) is 0.763. The molecule has 0 atom stereocenters. The Labute approximate surface area is 118 Å². The molecule has 0 amide bonds. The van der Waals surface area contributed by atoms with Crippen LogP contribution in [0.1, 0.15) is 27.9 Å². The van der Waals surface area contributed by atoms with Gasteiger partial charge >= 0.3 is 0 Å². The zero-order valence-corrected chi connectivity index (χ0v) is 11.4. The molecule has 3 rings (SSSR count). The summed E-state index contributed by atoms with van der Waals surface area (Å²) in [7, 11) is 1.61. The van der Waals surface area contributed by atoms with Gasteiger partial charge in [-0.3, -0.25) is 4.79 Å². The van der Waals surface area contributed by atoms with Gasteiger partial charge in [0.1, 0.15) is 11.5 Å². The second-order valence-corrected chi connectivity index (χ2v) is 4.83. The number of carbonyl (C=O) groups is 1. The van der Waals surface area contributed by atoms with Crippen LogP contribution in [0.5, 0.6) is 11.5 Å². The Morgan fingerprint density at radius 3 is 2.60 bits per heavy atom. The number of ether oxygens (including phenoxy) is 2. The van der Waals surface area contributed by atoms with Gasteiger partial charge in [0.2, 0.25) is 0 Å². The van der Waals surface area contributed by atoms with Crippen LogP contribution in [0.4, 0.5) is 0 Å². The van der Waals surface area contributed by atoms with E-state index in [0.717, 1.165) is 36.5 Å². The first-order valence-corrected chi connectivity index (χ1v) is 6.72. The second-order valence-electron chi connectivity index (χ2n) is 4.83. The molecule has 20 heavy (non-hydrogen) atoms. The molecule has 0 fully saturated rings. The summed E-state index contributed by atoms with van der Waals surface area (Å²) in [6, 6.07) is 12.8. The number of aryl methyl sites for hydroxylation is 1. The van der Waals surface area contributed by atoms with Crippen molar-refractivity contribution < 1.29 is 14.3 Å². The number of benzene rings is 2. The van der Waals surface area contributed by atoms with Crippen molar-refractivity contribution >= 4 is 5.78 Å². The molecule has 1 aliphatic heterocycles. The zero-order chi connectivity index (χ0) is 13.9. The maximum absolute atomic E-state index is 12.5. The predicted molar refractivity (Wildman–Crippen MR) is 76.7 cm³/mol. The van der Waals surface area contributed by atoms with E-state index in [0.29, 0.717) is 11.1 Å². The van der Waals surface area contributed by atoms with E-state index < -0.39 is 0 Å². The Morgan fingerprint density at radius 2 is 1.85 bits per heavy atom. The Kier molecular flexibility index (Phi) is 3.42. The van der Waals surface area contributed by atoms with Gasteiger partial charge in [-0.2, -0.15) is 0 Å². The molecular weight excluding hydrogens is 252 g/mol. The van der Waals surface area contributed by atoms with E-state index in [1.54, 1.807) is 31.4 Å². The Bertz CT molecular complexity index is 629. The summed E-state index contributed by atoms with van der Waals surface area (Å²) in [4.78, 5) is 12.5. The highest BCUT2D eigenvalue weighted by molar-refractivity contribution is 6.09. The number of hydrogen-bond donors (Lipinski definition) is 0. The SMILES string of the molecule is COc1ccc(C(=O)c2ccc3c(c2)CCCO3)cc1. The maximum Gasteiger partial charge on any atom is 0.193 e. The Balaban J connectivity index is 1.89. The first-order valence-electron chi connectivity index (χ1n) is 6.72. The Morgan fingerprint density at radius 1 is 1.10 bits per heavy atom. The van der Waals surface area contributed by atoms with Gasteiger partial charge in [0, 0.05) is 11.1 Å². The molecule has 2 aromatic carbocycles. The third-order valence-electron chi connectivity index (χ3n) is 3.52. The molecule has 0 saturated carbocycles. The second kappa shape index (κ2) is 5.37. The molecule has 3 heteroatoms. The van der Waals surface area contributed by atoms with Gasteiger partial charge in [0.05, 0.1) is 13.7 Å². The lowest BCUT2D eigenvalue weighted by atomic mass is 9.98. The van der Waals surface area contributed by atoms with Crippen molar-refractivity contribution in [2.45, 2.75) is 12.8 Å².